The minimum absolute atomic E-state index is 0.0225. The molecule has 1 aromatic heterocycles. The molecule has 0 aliphatic rings. The van der Waals surface area contributed by atoms with Gasteiger partial charge in [-0.05, 0) is 12.1 Å². The largest absolute Gasteiger partial charge is 0.370 e. The normalized spacial score (nSPS) is 11.4. The van der Waals surface area contributed by atoms with Crippen LogP contribution >= 0.6 is 0 Å². The van der Waals surface area contributed by atoms with Crippen molar-refractivity contribution in [2.75, 3.05) is 0 Å². The van der Waals surface area contributed by atoms with Crippen LogP contribution in [0.5, 0.6) is 0 Å². The lowest BCUT2D eigenvalue weighted by atomic mass is 10.1. The Morgan fingerprint density at radius 2 is 1.94 bits per heavy atom. The number of nitrogens with two attached hydrogens (primary N) is 3. The number of benzene rings is 1. The number of fused-ring (bicyclic) bond motifs is 1. The van der Waals surface area contributed by atoms with Crippen LogP contribution in [0.25, 0.3) is 10.8 Å². The van der Waals surface area contributed by atoms with Gasteiger partial charge in [0.25, 0.3) is 0 Å². The zero-order chi connectivity index (χ0) is 12.3. The van der Waals surface area contributed by atoms with Crippen LogP contribution in [-0.2, 0) is 0 Å². The van der Waals surface area contributed by atoms with Gasteiger partial charge in [0.05, 0.1) is 5.69 Å². The third kappa shape index (κ3) is 2.49. The summed E-state index contributed by atoms with van der Waals surface area (Å²) in [5, 5.41) is 1.92. The fraction of sp³-hybridized carbons (Fsp3) is 0. The molecule has 2 aromatic rings. The molecule has 6 N–H and O–H groups in total. The SMILES string of the molecule is NC(N)=NC(N)=Nc1cccc2cnccc12. The Bertz CT molecular complexity index is 592. The molecule has 0 saturated carbocycles. The highest BCUT2D eigenvalue weighted by Gasteiger charge is 1.99. The van der Waals surface area contributed by atoms with Crippen LogP contribution < -0.4 is 17.2 Å². The van der Waals surface area contributed by atoms with Gasteiger partial charge in [0, 0.05) is 23.2 Å². The third-order valence-electron chi connectivity index (χ3n) is 2.14. The zero-order valence-electron chi connectivity index (χ0n) is 9.04. The fourth-order valence-electron chi connectivity index (χ4n) is 1.48. The van der Waals surface area contributed by atoms with Gasteiger partial charge in [-0.2, -0.15) is 4.99 Å². The Hall–Kier alpha value is -2.63. The van der Waals surface area contributed by atoms with Crippen LogP contribution in [0.15, 0.2) is 46.6 Å². The number of hydrogen-bond acceptors (Lipinski definition) is 2. The summed E-state index contributed by atoms with van der Waals surface area (Å²) >= 11 is 0. The Morgan fingerprint density at radius 1 is 1.12 bits per heavy atom. The minimum Gasteiger partial charge on any atom is -0.370 e. The van der Waals surface area contributed by atoms with Crippen molar-refractivity contribution in [2.45, 2.75) is 0 Å². The number of nitrogens with zero attached hydrogens (tertiary/aromatic N) is 3. The van der Waals surface area contributed by atoms with Crippen LogP contribution in [0.4, 0.5) is 5.69 Å². The van der Waals surface area contributed by atoms with Crippen molar-refractivity contribution in [3.05, 3.63) is 36.7 Å². The zero-order valence-corrected chi connectivity index (χ0v) is 9.04. The van der Waals surface area contributed by atoms with Gasteiger partial charge in [0.1, 0.15) is 0 Å². The Labute approximate surface area is 97.9 Å². The molecule has 0 spiro atoms. The van der Waals surface area contributed by atoms with Crippen molar-refractivity contribution >= 4 is 28.4 Å². The van der Waals surface area contributed by atoms with Crippen molar-refractivity contribution in [3.8, 4) is 0 Å². The highest BCUT2D eigenvalue weighted by Crippen LogP contribution is 2.24. The van der Waals surface area contributed by atoms with E-state index >= 15 is 0 Å². The number of pyridine rings is 1. The molecule has 0 aliphatic heterocycles. The first kappa shape index (κ1) is 10.9. The van der Waals surface area contributed by atoms with Gasteiger partial charge in [0.15, 0.2) is 5.96 Å². The van der Waals surface area contributed by atoms with Gasteiger partial charge >= 0.3 is 0 Å². The van der Waals surface area contributed by atoms with E-state index in [0.717, 1.165) is 10.8 Å². The molecule has 86 valence electrons. The topological polar surface area (TPSA) is 116 Å². The van der Waals surface area contributed by atoms with Crippen molar-refractivity contribution in [3.63, 3.8) is 0 Å². The molecular formula is C11H12N6. The molecule has 6 heteroatoms. The molecule has 0 bridgehead atoms. The first-order valence-corrected chi connectivity index (χ1v) is 4.93. The van der Waals surface area contributed by atoms with Crippen molar-refractivity contribution in [2.24, 2.45) is 27.2 Å². The summed E-state index contributed by atoms with van der Waals surface area (Å²) in [7, 11) is 0. The molecule has 1 aromatic carbocycles. The standard InChI is InChI=1S/C11H12N6/c12-10(13)17-11(14)16-9-3-1-2-7-6-15-5-4-8(7)9/h1-6H,(H6,12,13,14,16,17). The first-order chi connectivity index (χ1) is 8.16. The number of rotatable bonds is 1. The van der Waals surface area contributed by atoms with E-state index < -0.39 is 0 Å². The van der Waals surface area contributed by atoms with Crippen molar-refractivity contribution < 1.29 is 0 Å². The van der Waals surface area contributed by atoms with E-state index in [9.17, 15) is 0 Å². The van der Waals surface area contributed by atoms with E-state index in [1.165, 1.54) is 0 Å². The van der Waals surface area contributed by atoms with Crippen LogP contribution in [0.1, 0.15) is 0 Å². The molecule has 6 nitrogen and oxygen atoms in total. The average Bonchev–Trinajstić information content (AvgIpc) is 2.28. The van der Waals surface area contributed by atoms with Crippen LogP contribution in [0, 0.1) is 0 Å². The smallest absolute Gasteiger partial charge is 0.223 e. The lowest BCUT2D eigenvalue weighted by molar-refractivity contribution is 1.35. The van der Waals surface area contributed by atoms with Gasteiger partial charge < -0.3 is 17.2 Å². The second-order valence-corrected chi connectivity index (χ2v) is 3.38. The molecule has 0 amide bonds. The minimum atomic E-state index is -0.117. The summed E-state index contributed by atoms with van der Waals surface area (Å²) < 4.78 is 0. The predicted octanol–water partition coefficient (Wildman–Crippen LogP) is 0.454. The number of aliphatic imine (C=N–C) groups is 2. The summed E-state index contributed by atoms with van der Waals surface area (Å²) in [6.45, 7) is 0. The predicted molar refractivity (Wildman–Crippen MR) is 68.8 cm³/mol. The van der Waals surface area contributed by atoms with Crippen molar-refractivity contribution in [1.29, 1.82) is 0 Å². The van der Waals surface area contributed by atoms with Gasteiger partial charge in [-0.1, -0.05) is 12.1 Å². The molecular weight excluding hydrogens is 216 g/mol. The Morgan fingerprint density at radius 3 is 2.71 bits per heavy atom. The number of hydrogen-bond donors (Lipinski definition) is 3. The first-order valence-electron chi connectivity index (χ1n) is 4.93. The summed E-state index contributed by atoms with van der Waals surface area (Å²) in [5.74, 6) is -0.0949. The molecule has 1 heterocycles. The fourth-order valence-corrected chi connectivity index (χ4v) is 1.48. The van der Waals surface area contributed by atoms with Crippen LogP contribution in [0.2, 0.25) is 0 Å². The summed E-state index contributed by atoms with van der Waals surface area (Å²) in [6, 6.07) is 7.50. The van der Waals surface area contributed by atoms with Gasteiger partial charge in [-0.15, -0.1) is 0 Å². The molecule has 0 aliphatic carbocycles. The third-order valence-corrected chi connectivity index (χ3v) is 2.14. The van der Waals surface area contributed by atoms with Gasteiger partial charge in [-0.3, -0.25) is 4.98 Å². The molecule has 0 unspecified atom stereocenters. The molecule has 0 radical (unpaired) electrons. The second kappa shape index (κ2) is 4.48. The highest BCUT2D eigenvalue weighted by atomic mass is 15.1. The molecule has 17 heavy (non-hydrogen) atoms. The molecule has 0 fully saturated rings. The number of aromatic nitrogens is 1. The van der Waals surface area contributed by atoms with Crippen molar-refractivity contribution in [1.82, 2.24) is 4.98 Å². The quantitative estimate of drug-likeness (QED) is 0.485. The Balaban J connectivity index is 2.53. The van der Waals surface area contributed by atoms with E-state index in [1.807, 2.05) is 24.3 Å². The highest BCUT2D eigenvalue weighted by molar-refractivity contribution is 5.98. The molecule has 0 saturated heterocycles. The maximum atomic E-state index is 5.58. The lowest BCUT2D eigenvalue weighted by Gasteiger charge is -2.01. The molecule has 0 atom stereocenters. The molecule has 2 rings (SSSR count). The van der Waals surface area contributed by atoms with Gasteiger partial charge in [0.2, 0.25) is 5.96 Å². The second-order valence-electron chi connectivity index (χ2n) is 3.38. The lowest BCUT2D eigenvalue weighted by Crippen LogP contribution is -2.26. The van der Waals surface area contributed by atoms with E-state index in [-0.39, 0.29) is 11.9 Å². The average molecular weight is 228 g/mol. The maximum Gasteiger partial charge on any atom is 0.223 e. The van der Waals surface area contributed by atoms with E-state index in [4.69, 9.17) is 17.2 Å². The van der Waals surface area contributed by atoms with E-state index in [0.29, 0.717) is 5.69 Å². The van der Waals surface area contributed by atoms with E-state index in [1.54, 1.807) is 12.4 Å². The van der Waals surface area contributed by atoms with E-state index in [2.05, 4.69) is 15.0 Å². The monoisotopic (exact) mass is 228 g/mol. The summed E-state index contributed by atoms with van der Waals surface area (Å²) in [6.07, 6.45) is 3.45. The van der Waals surface area contributed by atoms with Crippen LogP contribution in [0.3, 0.4) is 0 Å². The Kier molecular flexibility index (Phi) is 2.87. The summed E-state index contributed by atoms with van der Waals surface area (Å²) in [4.78, 5) is 11.8. The number of guanidine groups is 2. The van der Waals surface area contributed by atoms with Gasteiger partial charge in [-0.25, -0.2) is 4.99 Å². The van der Waals surface area contributed by atoms with Crippen LogP contribution in [-0.4, -0.2) is 16.9 Å². The summed E-state index contributed by atoms with van der Waals surface area (Å²) in [5.41, 5.74) is 16.7. The maximum absolute atomic E-state index is 5.58.